The fourth-order valence-corrected chi connectivity index (χ4v) is 17.7. The minimum atomic E-state index is -0.758. The molecule has 0 aliphatic carbocycles. The first kappa shape index (κ1) is 40.0. The number of rotatable bonds is 12. The van der Waals surface area contributed by atoms with Crippen LogP contribution in [-0.4, -0.2) is 40.7 Å². The van der Waals surface area contributed by atoms with Crippen LogP contribution in [-0.2, 0) is 16.8 Å². The number of hydrogen-bond acceptors (Lipinski definition) is 2. The third kappa shape index (κ3) is 9.72. The van der Waals surface area contributed by atoms with Crippen molar-refractivity contribution in [3.63, 3.8) is 0 Å². The average molecular weight is 681 g/mol. The SMILES string of the molecule is CC(C)[PH+](c1ccccc1B(c1ccccc1[PH+](C(C)C)C(C)C)c1ccccc1[PH+](C(C)C)C(C)C)C(C)C.N#N.[Co]. The van der Waals surface area contributed by atoms with Gasteiger partial charge >= 0.3 is 0 Å². The van der Waals surface area contributed by atoms with E-state index < -0.39 is 23.8 Å². The predicted octanol–water partition coefficient (Wildman–Crippen LogP) is 7.20. The molecular formula is C36H57BCoN2P3+3. The van der Waals surface area contributed by atoms with E-state index in [4.69, 9.17) is 10.8 Å². The summed E-state index contributed by atoms with van der Waals surface area (Å²) in [5, 5.41) is 17.0. The normalized spacial score (nSPS) is 11.7. The van der Waals surface area contributed by atoms with Crippen LogP contribution in [0.2, 0.25) is 0 Å². The van der Waals surface area contributed by atoms with E-state index in [1.165, 1.54) is 0 Å². The molecule has 0 unspecified atom stereocenters. The van der Waals surface area contributed by atoms with E-state index in [1.807, 2.05) is 0 Å². The summed E-state index contributed by atoms with van der Waals surface area (Å²) in [6.07, 6.45) is 0. The van der Waals surface area contributed by atoms with Crippen molar-refractivity contribution >= 4 is 62.8 Å². The molecule has 0 atom stereocenters. The second-order valence-electron chi connectivity index (χ2n) is 13.5. The fourth-order valence-electron chi connectivity index (χ4n) is 7.40. The molecule has 0 saturated heterocycles. The van der Waals surface area contributed by atoms with Crippen molar-refractivity contribution < 1.29 is 16.8 Å². The van der Waals surface area contributed by atoms with E-state index in [0.29, 0.717) is 34.0 Å². The largest absolute Gasteiger partial charge is 0.256 e. The van der Waals surface area contributed by atoms with Crippen LogP contribution in [0.4, 0.5) is 0 Å². The molecule has 0 amide bonds. The Morgan fingerprint density at radius 3 is 0.767 bits per heavy atom. The molecule has 0 aliphatic heterocycles. The molecule has 3 aromatic rings. The molecule has 0 heterocycles. The maximum Gasteiger partial charge on any atom is 0.256 e. The summed E-state index contributed by atoms with van der Waals surface area (Å²) in [5.41, 5.74) is 8.85. The first-order valence-electron chi connectivity index (χ1n) is 16.0. The van der Waals surface area contributed by atoms with Gasteiger partial charge in [-0.15, -0.1) is 0 Å². The van der Waals surface area contributed by atoms with Gasteiger partial charge in [0.25, 0.3) is 6.71 Å². The molecule has 7 heteroatoms. The van der Waals surface area contributed by atoms with Crippen molar-refractivity contribution in [2.45, 2.75) is 117 Å². The van der Waals surface area contributed by atoms with Crippen LogP contribution < -0.4 is 32.3 Å². The van der Waals surface area contributed by atoms with Gasteiger partial charge in [0.15, 0.2) is 0 Å². The smallest absolute Gasteiger partial charge is 0.0631 e. The van der Waals surface area contributed by atoms with E-state index in [-0.39, 0.29) is 23.5 Å². The molecule has 3 aromatic carbocycles. The summed E-state index contributed by atoms with van der Waals surface area (Å²) >= 11 is 0. The average Bonchev–Trinajstić information content (AvgIpc) is 2.91. The first-order valence-corrected chi connectivity index (χ1v) is 20.9. The molecule has 0 aliphatic rings. The van der Waals surface area contributed by atoms with E-state index in [1.54, 1.807) is 32.3 Å². The molecule has 0 bridgehead atoms. The quantitative estimate of drug-likeness (QED) is 0.116. The van der Waals surface area contributed by atoms with Crippen LogP contribution >= 0.6 is 23.8 Å². The Morgan fingerprint density at radius 2 is 0.581 bits per heavy atom. The predicted molar refractivity (Wildman–Crippen MR) is 202 cm³/mol. The zero-order valence-corrected chi connectivity index (χ0v) is 32.7. The monoisotopic (exact) mass is 680 g/mol. The van der Waals surface area contributed by atoms with Gasteiger partial charge in [-0.05, 0) is 118 Å². The second kappa shape index (κ2) is 18.8. The zero-order chi connectivity index (χ0) is 31.7. The Morgan fingerprint density at radius 1 is 0.395 bits per heavy atom. The third-order valence-corrected chi connectivity index (χ3v) is 19.2. The summed E-state index contributed by atoms with van der Waals surface area (Å²) in [6.45, 7) is 29.8. The molecule has 0 spiro atoms. The van der Waals surface area contributed by atoms with Crippen LogP contribution in [0.1, 0.15) is 83.1 Å². The molecule has 1 radical (unpaired) electrons. The Hall–Kier alpha value is -1.06. The van der Waals surface area contributed by atoms with Gasteiger partial charge in [-0.1, -0.05) is 54.6 Å². The van der Waals surface area contributed by atoms with Crippen LogP contribution in [0.25, 0.3) is 0 Å². The van der Waals surface area contributed by atoms with Crippen molar-refractivity contribution in [2.24, 2.45) is 0 Å². The first-order chi connectivity index (χ1) is 19.9. The van der Waals surface area contributed by atoms with Crippen LogP contribution in [0, 0.1) is 10.8 Å². The van der Waals surface area contributed by atoms with Gasteiger partial charge in [-0.2, -0.15) is 0 Å². The Kier molecular flexibility index (Phi) is 17.5. The molecule has 235 valence electrons. The van der Waals surface area contributed by atoms with Gasteiger partial charge in [-0.3, -0.25) is 0 Å². The van der Waals surface area contributed by atoms with Crippen molar-refractivity contribution in [3.8, 4) is 0 Å². The fraction of sp³-hybridized carbons (Fsp3) is 0.500. The molecule has 2 nitrogen and oxygen atoms in total. The molecule has 0 N–H and O–H groups in total. The molecule has 43 heavy (non-hydrogen) atoms. The Labute approximate surface area is 279 Å². The maximum absolute atomic E-state index is 6.00. The number of benzene rings is 3. The maximum atomic E-state index is 6.00. The minimum absolute atomic E-state index is 0. The minimum Gasteiger partial charge on any atom is -0.0631 e. The standard InChI is InChI=1S/C36H54BP3.Co.N2/c1-25(2)38(26(3)4)34-22-16-13-19-31(34)37(32-20-14-17-23-35(32)39(27(5)6)28(7)8)33-21-15-18-24-36(33)40(29(9)10)30(11)12;;1-2/h13-30H,1-12H3;;/p+3. The number of hydrogen-bond donors (Lipinski definition) is 0. The van der Waals surface area contributed by atoms with Gasteiger partial charge in [0.1, 0.15) is 0 Å². The Bertz CT molecular complexity index is 1100. The van der Waals surface area contributed by atoms with Gasteiger partial charge < -0.3 is 0 Å². The van der Waals surface area contributed by atoms with Crippen molar-refractivity contribution in [1.82, 2.24) is 0 Å². The summed E-state index contributed by atoms with van der Waals surface area (Å²) in [5.74, 6) is 0. The van der Waals surface area contributed by atoms with Crippen molar-refractivity contribution in [1.29, 1.82) is 10.8 Å². The van der Waals surface area contributed by atoms with Gasteiger partial charge in [0.2, 0.25) is 0 Å². The van der Waals surface area contributed by atoms with E-state index in [9.17, 15) is 0 Å². The Balaban J connectivity index is 0.00000302. The summed E-state index contributed by atoms with van der Waals surface area (Å²) in [7, 11) is -2.27. The molecular weight excluding hydrogens is 623 g/mol. The topological polar surface area (TPSA) is 47.6 Å². The molecule has 3 rings (SSSR count). The van der Waals surface area contributed by atoms with Gasteiger partial charge in [-0.25, -0.2) is 0 Å². The van der Waals surface area contributed by atoms with Crippen molar-refractivity contribution in [2.75, 3.05) is 0 Å². The molecule has 0 saturated carbocycles. The summed E-state index contributed by atoms with van der Waals surface area (Å²) in [4.78, 5) is 0. The number of nitrogens with zero attached hydrogens (tertiary/aromatic N) is 2. The van der Waals surface area contributed by atoms with Gasteiger partial charge in [0.05, 0.1) is 49.9 Å². The van der Waals surface area contributed by atoms with E-state index >= 15 is 0 Å². The summed E-state index contributed by atoms with van der Waals surface area (Å²) in [6, 6.07) is 28.8. The zero-order valence-electron chi connectivity index (χ0n) is 28.7. The van der Waals surface area contributed by atoms with Crippen LogP contribution in [0.3, 0.4) is 0 Å². The summed E-state index contributed by atoms with van der Waals surface area (Å²) < 4.78 is 0. The molecule has 0 fully saturated rings. The van der Waals surface area contributed by atoms with Crippen LogP contribution in [0.15, 0.2) is 72.8 Å². The molecule has 0 aromatic heterocycles. The third-order valence-electron chi connectivity index (χ3n) is 8.48. The second-order valence-corrected chi connectivity index (χ2v) is 24.8. The van der Waals surface area contributed by atoms with E-state index in [0.717, 1.165) is 0 Å². The van der Waals surface area contributed by atoms with Gasteiger partial charge in [0, 0.05) is 51.3 Å². The van der Waals surface area contributed by atoms with Crippen molar-refractivity contribution in [3.05, 3.63) is 72.8 Å². The van der Waals surface area contributed by atoms with E-state index in [2.05, 4.69) is 156 Å². The van der Waals surface area contributed by atoms with Crippen LogP contribution in [0.5, 0.6) is 0 Å².